The summed E-state index contributed by atoms with van der Waals surface area (Å²) in [4.78, 5) is 2.31. The molecule has 1 heterocycles. The van der Waals surface area contributed by atoms with Crippen molar-refractivity contribution in [3.8, 4) is 0 Å². The van der Waals surface area contributed by atoms with Gasteiger partial charge < -0.3 is 4.74 Å². The summed E-state index contributed by atoms with van der Waals surface area (Å²) in [6.07, 6.45) is 0.403. The van der Waals surface area contributed by atoms with Gasteiger partial charge in [0.25, 0.3) is 0 Å². The number of nitrogens with zero attached hydrogens (tertiary/aromatic N) is 2. The highest BCUT2D eigenvalue weighted by Gasteiger charge is 2.38. The molecule has 6 heteroatoms. The molecule has 20 heavy (non-hydrogen) atoms. The van der Waals surface area contributed by atoms with Crippen molar-refractivity contribution in [1.82, 2.24) is 9.21 Å². The van der Waals surface area contributed by atoms with E-state index in [9.17, 15) is 8.42 Å². The third-order valence-corrected chi connectivity index (χ3v) is 6.56. The van der Waals surface area contributed by atoms with Crippen LogP contribution in [0.15, 0.2) is 0 Å². The Balaban J connectivity index is 2.63. The number of likely N-dealkylation sites (N-methyl/N-ethyl adjacent to an activating group) is 1. The van der Waals surface area contributed by atoms with E-state index in [1.807, 2.05) is 6.92 Å². The molecular weight excluding hydrogens is 276 g/mol. The number of hydrogen-bond acceptors (Lipinski definition) is 4. The van der Waals surface area contributed by atoms with E-state index < -0.39 is 10.0 Å². The fraction of sp³-hybridized carbons (Fsp3) is 1.00. The van der Waals surface area contributed by atoms with Crippen LogP contribution in [0.4, 0.5) is 0 Å². The zero-order valence-electron chi connectivity index (χ0n) is 13.7. The molecule has 0 radical (unpaired) electrons. The summed E-state index contributed by atoms with van der Waals surface area (Å²) in [6.45, 7) is 12.2. The lowest BCUT2D eigenvalue weighted by atomic mass is 10.2. The van der Waals surface area contributed by atoms with Gasteiger partial charge in [0.15, 0.2) is 0 Å². The summed E-state index contributed by atoms with van der Waals surface area (Å²) in [5, 5.41) is -0.390. The first-order valence-corrected chi connectivity index (χ1v) is 9.00. The highest BCUT2D eigenvalue weighted by atomic mass is 32.2. The maximum Gasteiger partial charge on any atom is 0.219 e. The minimum atomic E-state index is -3.25. The molecule has 0 spiro atoms. The lowest BCUT2D eigenvalue weighted by Gasteiger charge is -2.32. The monoisotopic (exact) mass is 306 g/mol. The number of rotatable bonds is 7. The van der Waals surface area contributed by atoms with Crippen molar-refractivity contribution < 1.29 is 13.2 Å². The molecule has 2 atom stereocenters. The largest absolute Gasteiger partial charge is 0.377 e. The molecule has 1 saturated heterocycles. The van der Waals surface area contributed by atoms with Crippen molar-refractivity contribution in [1.29, 1.82) is 0 Å². The van der Waals surface area contributed by atoms with Crippen LogP contribution in [0.2, 0.25) is 0 Å². The summed E-state index contributed by atoms with van der Waals surface area (Å²) >= 11 is 0. The Kier molecular flexibility index (Phi) is 6.44. The van der Waals surface area contributed by atoms with Crippen molar-refractivity contribution in [2.75, 3.05) is 26.7 Å². The maximum atomic E-state index is 12.5. The summed E-state index contributed by atoms with van der Waals surface area (Å²) in [6, 6.07) is 0.833. The molecule has 0 saturated carbocycles. The second-order valence-corrected chi connectivity index (χ2v) is 8.45. The zero-order valence-corrected chi connectivity index (χ0v) is 14.5. The SMILES string of the molecule is CC(C)N(CCN(C)S(=O)(=O)[C@@H]1CCO[C@H]1C)C(C)C. The highest BCUT2D eigenvalue weighted by Crippen LogP contribution is 2.23. The van der Waals surface area contributed by atoms with E-state index in [2.05, 4.69) is 32.6 Å². The average Bonchev–Trinajstić information content (AvgIpc) is 2.75. The Morgan fingerprint density at radius 2 is 1.70 bits per heavy atom. The standard InChI is InChI=1S/C14H30N2O3S/c1-11(2)16(12(3)4)9-8-15(6)20(17,18)14-7-10-19-13(14)5/h11-14H,7-10H2,1-6H3/t13-,14+/m0/s1. The van der Waals surface area contributed by atoms with Gasteiger partial charge in [0.2, 0.25) is 10.0 Å². The van der Waals surface area contributed by atoms with E-state index in [0.717, 1.165) is 6.54 Å². The molecule has 120 valence electrons. The Hall–Kier alpha value is -0.170. The summed E-state index contributed by atoms with van der Waals surface area (Å²) < 4.78 is 31.9. The quantitative estimate of drug-likeness (QED) is 0.716. The van der Waals surface area contributed by atoms with E-state index in [0.29, 0.717) is 31.7 Å². The molecule has 0 bridgehead atoms. The topological polar surface area (TPSA) is 49.9 Å². The summed E-state index contributed by atoms with van der Waals surface area (Å²) in [5.41, 5.74) is 0. The maximum absolute atomic E-state index is 12.5. The van der Waals surface area contributed by atoms with Crippen molar-refractivity contribution in [3.63, 3.8) is 0 Å². The fourth-order valence-electron chi connectivity index (χ4n) is 2.83. The van der Waals surface area contributed by atoms with E-state index >= 15 is 0 Å². The van der Waals surface area contributed by atoms with Gasteiger partial charge in [-0.05, 0) is 41.0 Å². The first-order chi connectivity index (χ1) is 9.17. The number of hydrogen-bond donors (Lipinski definition) is 0. The Labute approximate surface area is 124 Å². The van der Waals surface area contributed by atoms with Gasteiger partial charge in [-0.2, -0.15) is 0 Å². The second-order valence-electron chi connectivity index (χ2n) is 6.19. The Morgan fingerprint density at radius 1 is 1.15 bits per heavy atom. The van der Waals surface area contributed by atoms with Gasteiger partial charge in [0.05, 0.1) is 6.10 Å². The first-order valence-electron chi connectivity index (χ1n) is 7.50. The second kappa shape index (κ2) is 7.20. The predicted molar refractivity (Wildman–Crippen MR) is 82.3 cm³/mol. The number of sulfonamides is 1. The van der Waals surface area contributed by atoms with Gasteiger partial charge in [-0.25, -0.2) is 12.7 Å². The van der Waals surface area contributed by atoms with Crippen molar-refractivity contribution in [2.45, 2.75) is 64.5 Å². The minimum Gasteiger partial charge on any atom is -0.377 e. The molecule has 5 nitrogen and oxygen atoms in total. The van der Waals surface area contributed by atoms with Crippen molar-refractivity contribution in [3.05, 3.63) is 0 Å². The van der Waals surface area contributed by atoms with Crippen LogP contribution >= 0.6 is 0 Å². The lowest BCUT2D eigenvalue weighted by Crippen LogP contribution is -2.46. The molecule has 0 aromatic heterocycles. The molecule has 0 aromatic carbocycles. The van der Waals surface area contributed by atoms with E-state index in [1.165, 1.54) is 4.31 Å². The minimum absolute atomic E-state index is 0.200. The molecule has 1 rings (SSSR count). The van der Waals surface area contributed by atoms with Gasteiger partial charge in [-0.1, -0.05) is 0 Å². The molecule has 0 aliphatic carbocycles. The molecule has 0 unspecified atom stereocenters. The van der Waals surface area contributed by atoms with Crippen LogP contribution in [0, 0.1) is 0 Å². The Bertz CT molecular complexity index is 387. The van der Waals surface area contributed by atoms with Crippen LogP contribution in [0.3, 0.4) is 0 Å². The molecule has 1 aliphatic rings. The molecule has 1 fully saturated rings. The van der Waals surface area contributed by atoms with Gasteiger partial charge in [-0.15, -0.1) is 0 Å². The average molecular weight is 306 g/mol. The normalized spacial score (nSPS) is 24.5. The van der Waals surface area contributed by atoms with Crippen LogP contribution in [0.25, 0.3) is 0 Å². The predicted octanol–water partition coefficient (Wildman–Crippen LogP) is 1.54. The van der Waals surface area contributed by atoms with Gasteiger partial charge >= 0.3 is 0 Å². The number of ether oxygens (including phenoxy) is 1. The molecule has 0 amide bonds. The van der Waals surface area contributed by atoms with Crippen molar-refractivity contribution in [2.24, 2.45) is 0 Å². The van der Waals surface area contributed by atoms with Gasteiger partial charge in [-0.3, -0.25) is 4.90 Å². The smallest absolute Gasteiger partial charge is 0.219 e. The van der Waals surface area contributed by atoms with E-state index in [4.69, 9.17) is 4.74 Å². The third-order valence-electron chi connectivity index (χ3n) is 4.12. The van der Waals surface area contributed by atoms with Gasteiger partial charge in [0.1, 0.15) is 5.25 Å². The highest BCUT2D eigenvalue weighted by molar-refractivity contribution is 7.89. The lowest BCUT2D eigenvalue weighted by molar-refractivity contribution is 0.125. The summed E-state index contributed by atoms with van der Waals surface area (Å²) in [5.74, 6) is 0. The molecule has 0 aromatic rings. The van der Waals surface area contributed by atoms with E-state index in [1.54, 1.807) is 7.05 Å². The fourth-order valence-corrected chi connectivity index (χ4v) is 4.59. The van der Waals surface area contributed by atoms with Crippen LogP contribution < -0.4 is 0 Å². The van der Waals surface area contributed by atoms with Crippen LogP contribution in [0.5, 0.6) is 0 Å². The van der Waals surface area contributed by atoms with Gasteiger partial charge in [0, 0.05) is 38.8 Å². The van der Waals surface area contributed by atoms with Crippen LogP contribution in [-0.4, -0.2) is 67.8 Å². The van der Waals surface area contributed by atoms with E-state index in [-0.39, 0.29) is 11.4 Å². The van der Waals surface area contributed by atoms with Crippen LogP contribution in [-0.2, 0) is 14.8 Å². The molecule has 0 N–H and O–H groups in total. The Morgan fingerprint density at radius 3 is 2.10 bits per heavy atom. The zero-order chi connectivity index (χ0) is 15.5. The first kappa shape index (κ1) is 17.9. The van der Waals surface area contributed by atoms with Crippen molar-refractivity contribution >= 4 is 10.0 Å². The molecular formula is C14H30N2O3S. The van der Waals surface area contributed by atoms with Crippen LogP contribution in [0.1, 0.15) is 41.0 Å². The summed E-state index contributed by atoms with van der Waals surface area (Å²) in [7, 11) is -1.57. The third kappa shape index (κ3) is 4.16. The molecule has 1 aliphatic heterocycles.